The number of hydrogen-bond acceptors (Lipinski definition) is 1. The van der Waals surface area contributed by atoms with E-state index in [4.69, 9.17) is 11.6 Å². The van der Waals surface area contributed by atoms with Crippen LogP contribution in [-0.2, 0) is 6.42 Å². The maximum absolute atomic E-state index is 10.1. The SMILES string of the molecule is Cc1cc(Cl)c2c(c1C)C(O)CCCC2. The molecule has 0 aliphatic heterocycles. The highest BCUT2D eigenvalue weighted by atomic mass is 35.5. The minimum atomic E-state index is -0.320. The van der Waals surface area contributed by atoms with Crippen molar-refractivity contribution in [3.05, 3.63) is 33.3 Å². The molecule has 0 fully saturated rings. The van der Waals surface area contributed by atoms with Crippen LogP contribution in [0, 0.1) is 13.8 Å². The van der Waals surface area contributed by atoms with Gasteiger partial charge in [0, 0.05) is 5.02 Å². The van der Waals surface area contributed by atoms with Crippen LogP contribution in [0.2, 0.25) is 5.02 Å². The molecule has 0 heterocycles. The summed E-state index contributed by atoms with van der Waals surface area (Å²) in [6.45, 7) is 4.14. The smallest absolute Gasteiger partial charge is 0.0795 e. The van der Waals surface area contributed by atoms with E-state index < -0.39 is 0 Å². The van der Waals surface area contributed by atoms with Gasteiger partial charge in [0.2, 0.25) is 0 Å². The van der Waals surface area contributed by atoms with Gasteiger partial charge in [-0.25, -0.2) is 0 Å². The summed E-state index contributed by atoms with van der Waals surface area (Å²) >= 11 is 6.25. The van der Waals surface area contributed by atoms with Gasteiger partial charge in [-0.3, -0.25) is 0 Å². The van der Waals surface area contributed by atoms with Crippen molar-refractivity contribution in [3.8, 4) is 0 Å². The van der Waals surface area contributed by atoms with Crippen molar-refractivity contribution in [1.29, 1.82) is 0 Å². The Hall–Kier alpha value is -0.530. The zero-order valence-electron chi connectivity index (χ0n) is 9.31. The minimum absolute atomic E-state index is 0.320. The number of rotatable bonds is 0. The summed E-state index contributed by atoms with van der Waals surface area (Å²) < 4.78 is 0. The molecule has 1 aliphatic rings. The first-order valence-electron chi connectivity index (χ1n) is 5.58. The summed E-state index contributed by atoms with van der Waals surface area (Å²) in [5.74, 6) is 0. The van der Waals surface area contributed by atoms with Gasteiger partial charge in [-0.15, -0.1) is 0 Å². The number of halogens is 1. The standard InChI is InChI=1S/C13H17ClO/c1-8-7-11(14)10-5-3-4-6-12(15)13(10)9(8)2/h7,12,15H,3-6H2,1-2H3. The first-order valence-corrected chi connectivity index (χ1v) is 5.95. The second kappa shape index (κ2) is 4.15. The molecule has 0 radical (unpaired) electrons. The molecule has 1 N–H and O–H groups in total. The van der Waals surface area contributed by atoms with E-state index in [0.29, 0.717) is 0 Å². The zero-order chi connectivity index (χ0) is 11.0. The monoisotopic (exact) mass is 224 g/mol. The minimum Gasteiger partial charge on any atom is -0.388 e. The molecule has 1 nitrogen and oxygen atoms in total. The van der Waals surface area contributed by atoms with Crippen LogP contribution in [0.15, 0.2) is 6.07 Å². The van der Waals surface area contributed by atoms with Crippen LogP contribution >= 0.6 is 11.6 Å². The molecular formula is C13H17ClO. The molecule has 1 aromatic rings. The summed E-state index contributed by atoms with van der Waals surface area (Å²) in [6, 6.07) is 2.02. The quantitative estimate of drug-likeness (QED) is 0.666. The molecular weight excluding hydrogens is 208 g/mol. The summed E-state index contributed by atoms with van der Waals surface area (Å²) in [4.78, 5) is 0. The molecule has 0 aromatic heterocycles. The molecule has 0 saturated heterocycles. The van der Waals surface area contributed by atoms with Gasteiger partial charge in [-0.1, -0.05) is 18.0 Å². The van der Waals surface area contributed by atoms with Crippen LogP contribution in [0.1, 0.15) is 47.6 Å². The van der Waals surface area contributed by atoms with Crippen molar-refractivity contribution in [2.24, 2.45) is 0 Å². The third kappa shape index (κ3) is 1.91. The number of fused-ring (bicyclic) bond motifs is 1. The molecule has 0 bridgehead atoms. The number of aryl methyl sites for hydroxylation is 1. The zero-order valence-corrected chi connectivity index (χ0v) is 10.1. The fourth-order valence-corrected chi connectivity index (χ4v) is 2.80. The first-order chi connectivity index (χ1) is 7.11. The molecule has 15 heavy (non-hydrogen) atoms. The number of benzene rings is 1. The Labute approximate surface area is 96.1 Å². The molecule has 1 atom stereocenters. The van der Waals surface area contributed by atoms with E-state index in [0.717, 1.165) is 36.3 Å². The van der Waals surface area contributed by atoms with Crippen LogP contribution in [0.4, 0.5) is 0 Å². The molecule has 0 spiro atoms. The third-order valence-corrected chi connectivity index (χ3v) is 3.78. The Bertz CT molecular complexity index is 385. The van der Waals surface area contributed by atoms with Crippen molar-refractivity contribution in [2.45, 2.75) is 45.6 Å². The Kier molecular flexibility index (Phi) is 3.03. The van der Waals surface area contributed by atoms with E-state index in [-0.39, 0.29) is 6.10 Å². The number of aliphatic hydroxyl groups excluding tert-OH is 1. The van der Waals surface area contributed by atoms with Gasteiger partial charge in [-0.05, 0) is 61.4 Å². The van der Waals surface area contributed by atoms with E-state index in [2.05, 4.69) is 13.8 Å². The second-order valence-electron chi connectivity index (χ2n) is 4.45. The molecule has 1 aliphatic carbocycles. The van der Waals surface area contributed by atoms with Crippen molar-refractivity contribution < 1.29 is 5.11 Å². The van der Waals surface area contributed by atoms with Crippen LogP contribution in [0.3, 0.4) is 0 Å². The maximum atomic E-state index is 10.1. The Balaban J connectivity index is 2.63. The molecule has 2 heteroatoms. The molecule has 0 amide bonds. The molecule has 1 aromatic carbocycles. The fourth-order valence-electron chi connectivity index (χ4n) is 2.44. The Morgan fingerprint density at radius 1 is 1.33 bits per heavy atom. The van der Waals surface area contributed by atoms with Gasteiger partial charge in [0.1, 0.15) is 0 Å². The van der Waals surface area contributed by atoms with Crippen molar-refractivity contribution >= 4 is 11.6 Å². The van der Waals surface area contributed by atoms with E-state index >= 15 is 0 Å². The highest BCUT2D eigenvalue weighted by molar-refractivity contribution is 6.31. The van der Waals surface area contributed by atoms with Gasteiger partial charge in [0.05, 0.1) is 6.10 Å². The predicted molar refractivity (Wildman–Crippen MR) is 63.4 cm³/mol. The topological polar surface area (TPSA) is 20.2 Å². The summed E-state index contributed by atoms with van der Waals surface area (Å²) in [6.07, 6.45) is 3.77. The lowest BCUT2D eigenvalue weighted by atomic mass is 9.93. The summed E-state index contributed by atoms with van der Waals surface area (Å²) in [5.41, 5.74) is 4.66. The second-order valence-corrected chi connectivity index (χ2v) is 4.86. The average molecular weight is 225 g/mol. The lowest BCUT2D eigenvalue weighted by Crippen LogP contribution is -2.04. The number of aliphatic hydroxyl groups is 1. The summed E-state index contributed by atoms with van der Waals surface area (Å²) in [7, 11) is 0. The van der Waals surface area contributed by atoms with Gasteiger partial charge in [0.25, 0.3) is 0 Å². The van der Waals surface area contributed by atoms with Gasteiger partial charge >= 0.3 is 0 Å². The fraction of sp³-hybridized carbons (Fsp3) is 0.538. The molecule has 1 unspecified atom stereocenters. The highest BCUT2D eigenvalue weighted by Crippen LogP contribution is 2.36. The highest BCUT2D eigenvalue weighted by Gasteiger charge is 2.21. The van der Waals surface area contributed by atoms with Gasteiger partial charge < -0.3 is 5.11 Å². The number of hydrogen-bond donors (Lipinski definition) is 1. The molecule has 0 saturated carbocycles. The Morgan fingerprint density at radius 2 is 2.07 bits per heavy atom. The largest absolute Gasteiger partial charge is 0.388 e. The van der Waals surface area contributed by atoms with Crippen LogP contribution in [0.5, 0.6) is 0 Å². The van der Waals surface area contributed by atoms with E-state index in [1.807, 2.05) is 6.07 Å². The van der Waals surface area contributed by atoms with Crippen LogP contribution in [0.25, 0.3) is 0 Å². The van der Waals surface area contributed by atoms with E-state index in [1.54, 1.807) is 0 Å². The molecule has 2 rings (SSSR count). The maximum Gasteiger partial charge on any atom is 0.0795 e. The molecule has 82 valence electrons. The van der Waals surface area contributed by atoms with Crippen molar-refractivity contribution in [3.63, 3.8) is 0 Å². The average Bonchev–Trinajstić information content (AvgIpc) is 2.37. The van der Waals surface area contributed by atoms with E-state index in [1.165, 1.54) is 16.7 Å². The van der Waals surface area contributed by atoms with Crippen LogP contribution in [-0.4, -0.2) is 5.11 Å². The normalized spacial score (nSPS) is 20.9. The van der Waals surface area contributed by atoms with Crippen molar-refractivity contribution in [1.82, 2.24) is 0 Å². The van der Waals surface area contributed by atoms with Crippen LogP contribution < -0.4 is 0 Å². The predicted octanol–water partition coefficient (Wildman–Crippen LogP) is 3.72. The third-order valence-electron chi connectivity index (χ3n) is 3.44. The lowest BCUT2D eigenvalue weighted by Gasteiger charge is -2.18. The van der Waals surface area contributed by atoms with Gasteiger partial charge in [0.15, 0.2) is 0 Å². The van der Waals surface area contributed by atoms with Gasteiger partial charge in [-0.2, -0.15) is 0 Å². The first kappa shape index (κ1) is 11.0. The van der Waals surface area contributed by atoms with Crippen molar-refractivity contribution in [2.75, 3.05) is 0 Å². The summed E-state index contributed by atoms with van der Waals surface area (Å²) in [5, 5.41) is 10.9. The van der Waals surface area contributed by atoms with E-state index in [9.17, 15) is 5.11 Å². The Morgan fingerprint density at radius 3 is 2.80 bits per heavy atom. The lowest BCUT2D eigenvalue weighted by molar-refractivity contribution is 0.166.